The highest BCUT2D eigenvalue weighted by Crippen LogP contribution is 2.29. The zero-order valence-corrected chi connectivity index (χ0v) is 29.9. The molecule has 0 fully saturated rings. The quantitative estimate of drug-likeness (QED) is 0.260. The Bertz CT molecular complexity index is 1690. The summed E-state index contributed by atoms with van der Waals surface area (Å²) in [5, 5.41) is 15.6. The van der Waals surface area contributed by atoms with Crippen LogP contribution in [0.2, 0.25) is 0 Å². The van der Waals surface area contributed by atoms with Gasteiger partial charge in [-0.25, -0.2) is 17.6 Å². The molecule has 3 N–H and O–H groups in total. The van der Waals surface area contributed by atoms with Crippen LogP contribution < -0.4 is 20.1 Å². The van der Waals surface area contributed by atoms with E-state index < -0.39 is 39.9 Å². The maximum atomic E-state index is 14.4. The van der Waals surface area contributed by atoms with Crippen molar-refractivity contribution in [3.05, 3.63) is 78.1 Å². The van der Waals surface area contributed by atoms with Crippen LogP contribution >= 0.6 is 0 Å². The third-order valence-electron chi connectivity index (χ3n) is 8.62. The van der Waals surface area contributed by atoms with Gasteiger partial charge in [0.15, 0.2) is 0 Å². The molecule has 50 heavy (non-hydrogen) atoms. The molecule has 1 aliphatic heterocycles. The molecule has 0 spiro atoms. The summed E-state index contributed by atoms with van der Waals surface area (Å²) < 4.78 is 59.3. The molecule has 0 unspecified atom stereocenters. The molecule has 0 aromatic heterocycles. The largest absolute Gasteiger partial charge is 0.497 e. The number of amides is 3. The first-order valence-electron chi connectivity index (χ1n) is 16.6. The third-order valence-corrected chi connectivity index (χ3v) is 10.5. The Hall–Kier alpha value is -4.24. The van der Waals surface area contributed by atoms with E-state index in [1.165, 1.54) is 65.8 Å². The van der Waals surface area contributed by atoms with Crippen LogP contribution in [0.25, 0.3) is 0 Å². The Kier molecular flexibility index (Phi) is 13.6. The first-order chi connectivity index (χ1) is 23.8. The highest BCUT2D eigenvalue weighted by molar-refractivity contribution is 7.89. The molecule has 3 aromatic carbocycles. The molecule has 272 valence electrons. The second kappa shape index (κ2) is 17.6. The number of urea groups is 1. The molecule has 1 heterocycles. The molecular weight excluding hydrogens is 667 g/mol. The summed E-state index contributed by atoms with van der Waals surface area (Å²) >= 11 is 0. The van der Waals surface area contributed by atoms with Gasteiger partial charge in [-0.3, -0.25) is 4.79 Å². The number of aliphatic hydroxyl groups is 1. The number of anilines is 2. The van der Waals surface area contributed by atoms with Gasteiger partial charge in [0.1, 0.15) is 17.3 Å². The molecule has 0 bridgehead atoms. The fraction of sp³-hybridized carbons (Fsp3) is 0.444. The second-order valence-electron chi connectivity index (χ2n) is 12.6. The predicted octanol–water partition coefficient (Wildman–Crippen LogP) is 5.59. The second-order valence-corrected chi connectivity index (χ2v) is 14.6. The topological polar surface area (TPSA) is 147 Å². The summed E-state index contributed by atoms with van der Waals surface area (Å²) in [6.07, 6.45) is 1.29. The minimum Gasteiger partial charge on any atom is -0.497 e. The van der Waals surface area contributed by atoms with E-state index >= 15 is 0 Å². The number of hydrogen-bond acceptors (Lipinski definition) is 8. The minimum atomic E-state index is -3.87. The normalized spacial score (nSPS) is 19.9. The lowest BCUT2D eigenvalue weighted by molar-refractivity contribution is -0.00834. The minimum absolute atomic E-state index is 0.0262. The van der Waals surface area contributed by atoms with Gasteiger partial charge in [-0.1, -0.05) is 6.92 Å². The lowest BCUT2D eigenvalue weighted by atomic mass is 10.0. The molecule has 1 aliphatic rings. The number of carbonyl (C=O) groups is 2. The Morgan fingerprint density at radius 2 is 1.72 bits per heavy atom. The van der Waals surface area contributed by atoms with Crippen LogP contribution in [-0.2, 0) is 14.8 Å². The van der Waals surface area contributed by atoms with E-state index in [1.807, 2.05) is 13.8 Å². The number of methoxy groups -OCH3 is 1. The average Bonchev–Trinajstić information content (AvgIpc) is 3.10. The molecule has 3 amide bonds. The van der Waals surface area contributed by atoms with E-state index in [0.29, 0.717) is 42.3 Å². The Morgan fingerprint density at radius 1 is 1.06 bits per heavy atom. The number of carbonyl (C=O) groups excluding carboxylic acids is 2. The SMILES string of the molecule is COc1ccc(S(=O)(=O)N(C)C[C@@H]2OCCCC[C@@H](C)Oc3ccc(NC(=O)Nc4ccc(F)cc4)cc3C(=O)N([C@@H](C)CO)C[C@@H]2C)cc1. The maximum absolute atomic E-state index is 14.4. The maximum Gasteiger partial charge on any atom is 0.323 e. The van der Waals surface area contributed by atoms with Crippen molar-refractivity contribution in [3.8, 4) is 11.5 Å². The number of ether oxygens (including phenoxy) is 3. The van der Waals surface area contributed by atoms with Crippen molar-refractivity contribution in [2.75, 3.05) is 51.1 Å². The summed E-state index contributed by atoms with van der Waals surface area (Å²) in [5.74, 6) is -0.386. The van der Waals surface area contributed by atoms with Crippen molar-refractivity contribution in [1.29, 1.82) is 0 Å². The van der Waals surface area contributed by atoms with Crippen molar-refractivity contribution in [1.82, 2.24) is 9.21 Å². The lowest BCUT2D eigenvalue weighted by Gasteiger charge is -2.35. The average molecular weight is 715 g/mol. The van der Waals surface area contributed by atoms with Gasteiger partial charge in [0, 0.05) is 44.0 Å². The number of fused-ring (bicyclic) bond motifs is 1. The number of nitrogens with one attached hydrogen (secondary N) is 2. The fourth-order valence-electron chi connectivity index (χ4n) is 5.57. The van der Waals surface area contributed by atoms with Crippen molar-refractivity contribution >= 4 is 33.3 Å². The van der Waals surface area contributed by atoms with Gasteiger partial charge in [0.25, 0.3) is 5.91 Å². The van der Waals surface area contributed by atoms with E-state index in [2.05, 4.69) is 10.6 Å². The monoisotopic (exact) mass is 714 g/mol. The summed E-state index contributed by atoms with van der Waals surface area (Å²) in [5.41, 5.74) is 0.870. The number of benzene rings is 3. The number of hydrogen-bond donors (Lipinski definition) is 3. The van der Waals surface area contributed by atoms with Crippen molar-refractivity contribution in [3.63, 3.8) is 0 Å². The van der Waals surface area contributed by atoms with E-state index in [1.54, 1.807) is 31.2 Å². The molecule has 0 saturated heterocycles. The van der Waals surface area contributed by atoms with Crippen LogP contribution in [-0.4, -0.2) is 93.4 Å². The zero-order chi connectivity index (χ0) is 36.4. The van der Waals surface area contributed by atoms with E-state index in [9.17, 15) is 27.5 Å². The summed E-state index contributed by atoms with van der Waals surface area (Å²) in [6.45, 7) is 5.70. The summed E-state index contributed by atoms with van der Waals surface area (Å²) in [6, 6.07) is 15.0. The van der Waals surface area contributed by atoms with Gasteiger partial charge in [0.05, 0.1) is 42.4 Å². The molecule has 0 aliphatic carbocycles. The van der Waals surface area contributed by atoms with Gasteiger partial charge in [0.2, 0.25) is 10.0 Å². The Morgan fingerprint density at radius 3 is 2.38 bits per heavy atom. The van der Waals surface area contributed by atoms with Gasteiger partial charge in [-0.05, 0) is 99.8 Å². The number of aliphatic hydroxyl groups excluding tert-OH is 1. The fourth-order valence-corrected chi connectivity index (χ4v) is 6.75. The molecule has 14 heteroatoms. The highest BCUT2D eigenvalue weighted by Gasteiger charge is 2.32. The van der Waals surface area contributed by atoms with E-state index in [4.69, 9.17) is 14.2 Å². The standard InChI is InChI=1S/C36H47FN4O8S/c1-24-21-41(25(2)23-42)35(43)32-20-29(39-36(44)38-28-11-9-27(37)10-12-28)13-18-33(32)49-26(3)8-6-7-19-48-34(24)22-40(4)50(45,46)31-16-14-30(47-5)15-17-31/h9-18,20,24-26,34,42H,6-8,19,21-23H2,1-5H3,(H2,38,39,44)/t24-,25-,26+,34-/m0/s1. The molecule has 0 saturated carbocycles. The van der Waals surface area contributed by atoms with Crippen LogP contribution in [0, 0.1) is 11.7 Å². The van der Waals surface area contributed by atoms with Crippen molar-refractivity contribution in [2.45, 2.75) is 63.2 Å². The van der Waals surface area contributed by atoms with Crippen LogP contribution in [0.4, 0.5) is 20.6 Å². The number of halogens is 1. The summed E-state index contributed by atoms with van der Waals surface area (Å²) in [4.78, 5) is 28.8. The smallest absolute Gasteiger partial charge is 0.323 e. The van der Waals surface area contributed by atoms with Crippen LogP contribution in [0.15, 0.2) is 71.6 Å². The molecule has 4 rings (SSSR count). The third kappa shape index (κ3) is 10.2. The summed E-state index contributed by atoms with van der Waals surface area (Å²) in [7, 11) is -0.870. The van der Waals surface area contributed by atoms with Gasteiger partial charge in [-0.2, -0.15) is 4.31 Å². The molecule has 3 aromatic rings. The van der Waals surface area contributed by atoms with Gasteiger partial charge < -0.3 is 34.9 Å². The number of sulfonamides is 1. The molecular formula is C36H47FN4O8S. The van der Waals surface area contributed by atoms with Crippen LogP contribution in [0.1, 0.15) is 50.4 Å². The van der Waals surface area contributed by atoms with Crippen LogP contribution in [0.3, 0.4) is 0 Å². The molecule has 4 atom stereocenters. The van der Waals surface area contributed by atoms with Crippen molar-refractivity contribution < 1.29 is 41.7 Å². The Balaban J connectivity index is 1.61. The lowest BCUT2D eigenvalue weighted by Crippen LogP contribution is -2.48. The number of likely N-dealkylation sites (N-methyl/N-ethyl adjacent to an activating group) is 1. The van der Waals surface area contributed by atoms with E-state index in [-0.39, 0.29) is 42.2 Å². The zero-order valence-electron chi connectivity index (χ0n) is 29.1. The first kappa shape index (κ1) is 38.6. The van der Waals surface area contributed by atoms with Crippen LogP contribution in [0.5, 0.6) is 11.5 Å². The molecule has 0 radical (unpaired) electrons. The predicted molar refractivity (Wildman–Crippen MR) is 189 cm³/mol. The number of nitrogens with zero attached hydrogens (tertiary/aromatic N) is 2. The first-order valence-corrected chi connectivity index (χ1v) is 18.0. The highest BCUT2D eigenvalue weighted by atomic mass is 32.2. The van der Waals surface area contributed by atoms with Gasteiger partial charge in [-0.15, -0.1) is 0 Å². The molecule has 12 nitrogen and oxygen atoms in total. The van der Waals surface area contributed by atoms with Gasteiger partial charge >= 0.3 is 6.03 Å². The van der Waals surface area contributed by atoms with E-state index in [0.717, 1.165) is 6.42 Å². The Labute approximate surface area is 293 Å². The van der Waals surface area contributed by atoms with Crippen molar-refractivity contribution in [2.24, 2.45) is 5.92 Å². The number of rotatable bonds is 9.